The van der Waals surface area contributed by atoms with Crippen LogP contribution in [0, 0.1) is 0 Å². The molecule has 0 aliphatic carbocycles. The van der Waals surface area contributed by atoms with Crippen LogP contribution in [0.15, 0.2) is 12.2 Å². The Labute approximate surface area is 103 Å². The number of ether oxygens (including phenoxy) is 1. The zero-order valence-corrected chi connectivity index (χ0v) is 10.9. The lowest BCUT2D eigenvalue weighted by molar-refractivity contribution is -0.119. The molecule has 0 unspecified atom stereocenters. The second-order valence-electron chi connectivity index (χ2n) is 4.21. The van der Waals surface area contributed by atoms with Gasteiger partial charge in [-0.15, -0.1) is 0 Å². The quantitative estimate of drug-likeness (QED) is 0.507. The fourth-order valence-corrected chi connectivity index (χ4v) is 1.01. The third-order valence-electron chi connectivity index (χ3n) is 1.67. The number of nitrogens with one attached hydrogen (secondary N) is 2. The molecule has 2 amide bonds. The number of rotatable bonds is 7. The Bertz CT molecular complexity index is 273. The predicted molar refractivity (Wildman–Crippen MR) is 66.5 cm³/mol. The lowest BCUT2D eigenvalue weighted by atomic mass is 10.3. The summed E-state index contributed by atoms with van der Waals surface area (Å²) in [4.78, 5) is 22.4. The number of carbonyl (C=O) groups excluding carboxylic acids is 2. The molecule has 98 valence electrons. The number of carbonyl (C=O) groups is 2. The summed E-state index contributed by atoms with van der Waals surface area (Å²) in [6, 6.07) is 0.0645. The topological polar surface area (TPSA) is 67.4 Å². The van der Waals surface area contributed by atoms with Crippen molar-refractivity contribution in [3.8, 4) is 0 Å². The summed E-state index contributed by atoms with van der Waals surface area (Å²) in [5.74, 6) is -0.565. The highest BCUT2D eigenvalue weighted by Gasteiger charge is 2.00. The molecule has 0 fully saturated rings. The molecule has 0 aromatic rings. The van der Waals surface area contributed by atoms with E-state index in [1.807, 2.05) is 27.7 Å². The Morgan fingerprint density at radius 3 is 2.24 bits per heavy atom. The van der Waals surface area contributed by atoms with Crippen molar-refractivity contribution in [1.29, 1.82) is 0 Å². The third kappa shape index (κ3) is 10.9. The smallest absolute Gasteiger partial charge is 0.244 e. The van der Waals surface area contributed by atoms with Gasteiger partial charge in [0.15, 0.2) is 0 Å². The molecule has 0 aliphatic heterocycles. The van der Waals surface area contributed by atoms with Crippen LogP contribution < -0.4 is 10.6 Å². The molecule has 0 aliphatic rings. The first-order chi connectivity index (χ1) is 7.91. The van der Waals surface area contributed by atoms with Gasteiger partial charge in [0.25, 0.3) is 0 Å². The van der Waals surface area contributed by atoms with Crippen LogP contribution in [-0.4, -0.2) is 37.1 Å². The average Bonchev–Trinajstić information content (AvgIpc) is 2.20. The van der Waals surface area contributed by atoms with Crippen molar-refractivity contribution < 1.29 is 14.3 Å². The molecule has 5 heteroatoms. The van der Waals surface area contributed by atoms with Gasteiger partial charge in [-0.25, -0.2) is 0 Å². The lowest BCUT2D eigenvalue weighted by Gasteiger charge is -2.07. The minimum Gasteiger partial charge on any atom is -0.377 e. The van der Waals surface area contributed by atoms with Crippen molar-refractivity contribution in [1.82, 2.24) is 10.6 Å². The van der Waals surface area contributed by atoms with Gasteiger partial charge in [0.05, 0.1) is 12.7 Å². The van der Waals surface area contributed by atoms with E-state index in [9.17, 15) is 9.59 Å². The average molecular weight is 242 g/mol. The summed E-state index contributed by atoms with van der Waals surface area (Å²) in [6.07, 6.45) is 2.59. The summed E-state index contributed by atoms with van der Waals surface area (Å²) in [7, 11) is 0. The van der Waals surface area contributed by atoms with Gasteiger partial charge in [-0.05, 0) is 27.7 Å². The van der Waals surface area contributed by atoms with E-state index < -0.39 is 0 Å². The Kier molecular flexibility index (Phi) is 8.05. The van der Waals surface area contributed by atoms with E-state index in [1.165, 1.54) is 12.2 Å². The fraction of sp³-hybridized carbons (Fsp3) is 0.667. The third-order valence-corrected chi connectivity index (χ3v) is 1.67. The second-order valence-corrected chi connectivity index (χ2v) is 4.21. The van der Waals surface area contributed by atoms with Crippen molar-refractivity contribution >= 4 is 11.8 Å². The van der Waals surface area contributed by atoms with E-state index in [2.05, 4.69) is 10.6 Å². The van der Waals surface area contributed by atoms with Crippen molar-refractivity contribution in [3.05, 3.63) is 12.2 Å². The number of hydrogen-bond acceptors (Lipinski definition) is 3. The Morgan fingerprint density at radius 1 is 1.12 bits per heavy atom. The van der Waals surface area contributed by atoms with Crippen molar-refractivity contribution in [2.45, 2.75) is 39.8 Å². The minimum absolute atomic E-state index is 0.0645. The van der Waals surface area contributed by atoms with Crippen LogP contribution in [0.2, 0.25) is 0 Å². The van der Waals surface area contributed by atoms with E-state index >= 15 is 0 Å². The largest absolute Gasteiger partial charge is 0.377 e. The zero-order chi connectivity index (χ0) is 13.3. The summed E-state index contributed by atoms with van der Waals surface area (Å²) in [5, 5.41) is 5.27. The Morgan fingerprint density at radius 2 is 1.71 bits per heavy atom. The SMILES string of the molecule is CC(C)NC(=O)/C=C/C(=O)NCCOC(C)C. The predicted octanol–water partition coefficient (Wildman–Crippen LogP) is 0.608. The molecule has 0 spiro atoms. The molecule has 0 bridgehead atoms. The summed E-state index contributed by atoms with van der Waals surface area (Å²) >= 11 is 0. The van der Waals surface area contributed by atoms with Crippen LogP contribution in [0.5, 0.6) is 0 Å². The fourth-order valence-electron chi connectivity index (χ4n) is 1.01. The van der Waals surface area contributed by atoms with E-state index in [0.717, 1.165) is 0 Å². The molecule has 0 heterocycles. The van der Waals surface area contributed by atoms with Gasteiger partial charge in [0, 0.05) is 24.7 Å². The number of hydrogen-bond donors (Lipinski definition) is 2. The molecule has 0 atom stereocenters. The molecular weight excluding hydrogens is 220 g/mol. The molecule has 0 rings (SSSR count). The first kappa shape index (κ1) is 15.6. The highest BCUT2D eigenvalue weighted by atomic mass is 16.5. The van der Waals surface area contributed by atoms with Crippen LogP contribution in [0.1, 0.15) is 27.7 Å². The summed E-state index contributed by atoms with van der Waals surface area (Å²) in [6.45, 7) is 8.47. The monoisotopic (exact) mass is 242 g/mol. The zero-order valence-electron chi connectivity index (χ0n) is 10.9. The first-order valence-electron chi connectivity index (χ1n) is 5.79. The van der Waals surface area contributed by atoms with Gasteiger partial charge >= 0.3 is 0 Å². The standard InChI is InChI=1S/C12H22N2O3/c1-9(2)14-12(16)6-5-11(15)13-7-8-17-10(3)4/h5-6,9-10H,7-8H2,1-4H3,(H,13,15)(H,14,16)/b6-5+. The molecule has 5 nitrogen and oxygen atoms in total. The van der Waals surface area contributed by atoms with Crippen LogP contribution >= 0.6 is 0 Å². The highest BCUT2D eigenvalue weighted by molar-refractivity contribution is 5.96. The van der Waals surface area contributed by atoms with Gasteiger partial charge in [0.1, 0.15) is 0 Å². The summed E-state index contributed by atoms with van der Waals surface area (Å²) < 4.78 is 5.25. The van der Waals surface area contributed by atoms with Gasteiger partial charge in [-0.3, -0.25) is 9.59 Å². The van der Waals surface area contributed by atoms with E-state index in [1.54, 1.807) is 0 Å². The van der Waals surface area contributed by atoms with Crippen LogP contribution in [0.4, 0.5) is 0 Å². The van der Waals surface area contributed by atoms with Crippen molar-refractivity contribution in [2.75, 3.05) is 13.2 Å². The van der Waals surface area contributed by atoms with Crippen LogP contribution in [-0.2, 0) is 14.3 Å². The van der Waals surface area contributed by atoms with Crippen LogP contribution in [0.3, 0.4) is 0 Å². The first-order valence-corrected chi connectivity index (χ1v) is 5.79. The Balaban J connectivity index is 3.71. The number of amides is 2. The maximum Gasteiger partial charge on any atom is 0.244 e. The van der Waals surface area contributed by atoms with E-state index in [4.69, 9.17) is 4.74 Å². The molecule has 0 aromatic heterocycles. The normalized spacial score (nSPS) is 11.2. The van der Waals surface area contributed by atoms with Crippen molar-refractivity contribution in [2.24, 2.45) is 0 Å². The molecule has 0 aromatic carbocycles. The molecule has 17 heavy (non-hydrogen) atoms. The van der Waals surface area contributed by atoms with Crippen LogP contribution in [0.25, 0.3) is 0 Å². The van der Waals surface area contributed by atoms with Gasteiger partial charge in [-0.1, -0.05) is 0 Å². The van der Waals surface area contributed by atoms with Gasteiger partial charge < -0.3 is 15.4 Å². The summed E-state index contributed by atoms with van der Waals surface area (Å²) in [5.41, 5.74) is 0. The maximum atomic E-state index is 11.2. The van der Waals surface area contributed by atoms with Gasteiger partial charge in [0.2, 0.25) is 11.8 Å². The van der Waals surface area contributed by atoms with E-state index in [-0.39, 0.29) is 24.0 Å². The molecule has 0 radical (unpaired) electrons. The maximum absolute atomic E-state index is 11.2. The minimum atomic E-state index is -0.295. The molecule has 0 saturated heterocycles. The lowest BCUT2D eigenvalue weighted by Crippen LogP contribution is -2.30. The highest BCUT2D eigenvalue weighted by Crippen LogP contribution is 1.85. The second kappa shape index (κ2) is 8.75. The molecular formula is C12H22N2O3. The molecule has 2 N–H and O–H groups in total. The Hall–Kier alpha value is -1.36. The van der Waals surface area contributed by atoms with E-state index in [0.29, 0.717) is 13.2 Å². The van der Waals surface area contributed by atoms with Gasteiger partial charge in [-0.2, -0.15) is 0 Å². The molecule has 0 saturated carbocycles. The van der Waals surface area contributed by atoms with Crippen molar-refractivity contribution in [3.63, 3.8) is 0 Å².